The van der Waals surface area contributed by atoms with Gasteiger partial charge >= 0.3 is 0 Å². The molecule has 0 amide bonds. The van der Waals surface area contributed by atoms with E-state index in [1.165, 1.54) is 25.7 Å². The number of hydrogen-bond acceptors (Lipinski definition) is 2. The summed E-state index contributed by atoms with van der Waals surface area (Å²) < 4.78 is 0. The van der Waals surface area contributed by atoms with Crippen molar-refractivity contribution in [1.29, 1.82) is 0 Å². The number of Topliss-reactive ketones (excluding diaryl/α,β-unsaturated/α-hetero) is 1. The normalized spacial score (nSPS) is 15.8. The van der Waals surface area contributed by atoms with Crippen LogP contribution in [0.5, 0.6) is 0 Å². The lowest BCUT2D eigenvalue weighted by Crippen LogP contribution is -2.19. The molecule has 0 radical (unpaired) electrons. The smallest absolute Gasteiger partial charge is 0.129 e. The molecule has 1 N–H and O–H groups in total. The number of carbonyl (C=O) groups is 1. The molecule has 3 atom stereocenters. The third-order valence-electron chi connectivity index (χ3n) is 4.39. The Morgan fingerprint density at radius 3 is 2.20 bits per heavy atom. The SMILES string of the molecule is CCCCCC(CCC(C)=O)CCC(O)C(C)CCC. The number of aliphatic hydroxyl groups excluding tert-OH is 1. The van der Waals surface area contributed by atoms with Crippen molar-refractivity contribution in [3.05, 3.63) is 0 Å². The summed E-state index contributed by atoms with van der Waals surface area (Å²) in [5.41, 5.74) is 0. The van der Waals surface area contributed by atoms with E-state index < -0.39 is 0 Å². The summed E-state index contributed by atoms with van der Waals surface area (Å²) in [4.78, 5) is 11.2. The molecule has 0 spiro atoms. The molecule has 0 aromatic carbocycles. The highest BCUT2D eigenvalue weighted by Crippen LogP contribution is 2.24. The molecule has 0 aromatic heterocycles. The van der Waals surface area contributed by atoms with Gasteiger partial charge in [0.15, 0.2) is 0 Å². The molecule has 3 unspecified atom stereocenters. The molecule has 0 fully saturated rings. The largest absolute Gasteiger partial charge is 0.393 e. The second kappa shape index (κ2) is 12.4. The van der Waals surface area contributed by atoms with Gasteiger partial charge in [-0.3, -0.25) is 0 Å². The van der Waals surface area contributed by atoms with Crippen LogP contribution in [-0.2, 0) is 4.79 Å². The Labute approximate surface area is 126 Å². The van der Waals surface area contributed by atoms with Crippen LogP contribution in [0.3, 0.4) is 0 Å². The summed E-state index contributed by atoms with van der Waals surface area (Å²) in [6.45, 7) is 8.22. The van der Waals surface area contributed by atoms with Crippen molar-refractivity contribution in [2.45, 2.75) is 98.0 Å². The minimum atomic E-state index is -0.166. The Kier molecular flexibility index (Phi) is 12.1. The summed E-state index contributed by atoms with van der Waals surface area (Å²) in [5.74, 6) is 1.32. The van der Waals surface area contributed by atoms with E-state index >= 15 is 0 Å². The topological polar surface area (TPSA) is 37.3 Å². The predicted octanol–water partition coefficient (Wildman–Crippen LogP) is 5.13. The fourth-order valence-corrected chi connectivity index (χ4v) is 2.86. The van der Waals surface area contributed by atoms with Gasteiger partial charge in [-0.1, -0.05) is 52.9 Å². The molecular weight excluding hydrogens is 248 g/mol. The first-order chi connectivity index (χ1) is 9.51. The minimum absolute atomic E-state index is 0.166. The molecule has 0 bridgehead atoms. The first kappa shape index (κ1) is 19.6. The van der Waals surface area contributed by atoms with E-state index in [9.17, 15) is 9.90 Å². The third kappa shape index (κ3) is 10.4. The van der Waals surface area contributed by atoms with E-state index in [0.717, 1.165) is 32.1 Å². The second-order valence-corrected chi connectivity index (χ2v) is 6.51. The van der Waals surface area contributed by atoms with E-state index in [2.05, 4.69) is 20.8 Å². The van der Waals surface area contributed by atoms with E-state index in [4.69, 9.17) is 0 Å². The molecule has 0 heterocycles. The standard InChI is InChI=1S/C18H36O2/c1-5-7-8-10-17(12-11-16(4)19)13-14-18(20)15(3)9-6-2/h15,17-18,20H,5-14H2,1-4H3. The van der Waals surface area contributed by atoms with Crippen LogP contribution >= 0.6 is 0 Å². The van der Waals surface area contributed by atoms with Crippen molar-refractivity contribution in [2.75, 3.05) is 0 Å². The number of unbranched alkanes of at least 4 members (excludes halogenated alkanes) is 2. The molecule has 0 rings (SSSR count). The van der Waals surface area contributed by atoms with Crippen LogP contribution in [0.2, 0.25) is 0 Å². The summed E-state index contributed by atoms with van der Waals surface area (Å²) >= 11 is 0. The number of rotatable bonds is 13. The second-order valence-electron chi connectivity index (χ2n) is 6.51. The molecule has 0 aliphatic rings. The summed E-state index contributed by atoms with van der Waals surface area (Å²) in [5, 5.41) is 10.2. The van der Waals surface area contributed by atoms with Gasteiger partial charge in [0.05, 0.1) is 6.10 Å². The Hall–Kier alpha value is -0.370. The molecule has 0 saturated carbocycles. The quantitative estimate of drug-likeness (QED) is 0.476. The lowest BCUT2D eigenvalue weighted by Gasteiger charge is -2.22. The van der Waals surface area contributed by atoms with Gasteiger partial charge in [0, 0.05) is 6.42 Å². The first-order valence-electron chi connectivity index (χ1n) is 8.68. The van der Waals surface area contributed by atoms with Crippen LogP contribution in [0.1, 0.15) is 91.9 Å². The number of carbonyl (C=O) groups excluding carboxylic acids is 1. The summed E-state index contributed by atoms with van der Waals surface area (Å²) in [7, 11) is 0. The zero-order valence-electron chi connectivity index (χ0n) is 14.2. The van der Waals surface area contributed by atoms with Crippen molar-refractivity contribution >= 4 is 5.78 Å². The van der Waals surface area contributed by atoms with Gasteiger partial charge in [-0.15, -0.1) is 0 Å². The van der Waals surface area contributed by atoms with Crippen molar-refractivity contribution < 1.29 is 9.90 Å². The molecular formula is C18H36O2. The number of ketones is 1. The van der Waals surface area contributed by atoms with Crippen LogP contribution in [0.4, 0.5) is 0 Å². The zero-order chi connectivity index (χ0) is 15.4. The molecule has 0 saturated heterocycles. The van der Waals surface area contributed by atoms with Crippen molar-refractivity contribution in [1.82, 2.24) is 0 Å². The third-order valence-corrected chi connectivity index (χ3v) is 4.39. The average molecular weight is 284 g/mol. The van der Waals surface area contributed by atoms with Crippen LogP contribution in [-0.4, -0.2) is 17.0 Å². The minimum Gasteiger partial charge on any atom is -0.393 e. The van der Waals surface area contributed by atoms with Crippen LogP contribution in [0.15, 0.2) is 0 Å². The van der Waals surface area contributed by atoms with Gasteiger partial charge in [0.25, 0.3) is 0 Å². The lowest BCUT2D eigenvalue weighted by molar-refractivity contribution is -0.117. The van der Waals surface area contributed by atoms with E-state index in [0.29, 0.717) is 24.0 Å². The fraction of sp³-hybridized carbons (Fsp3) is 0.944. The highest BCUT2D eigenvalue weighted by Gasteiger charge is 2.16. The highest BCUT2D eigenvalue weighted by molar-refractivity contribution is 5.75. The van der Waals surface area contributed by atoms with E-state index in [1.54, 1.807) is 6.92 Å². The maximum Gasteiger partial charge on any atom is 0.129 e. The molecule has 2 heteroatoms. The van der Waals surface area contributed by atoms with Gasteiger partial charge in [-0.05, 0) is 44.4 Å². The number of aliphatic hydroxyl groups is 1. The Bertz CT molecular complexity index is 238. The molecule has 2 nitrogen and oxygen atoms in total. The van der Waals surface area contributed by atoms with Gasteiger partial charge in [0.2, 0.25) is 0 Å². The average Bonchev–Trinajstić information content (AvgIpc) is 2.41. The molecule has 0 aliphatic heterocycles. The highest BCUT2D eigenvalue weighted by atomic mass is 16.3. The molecule has 120 valence electrons. The summed E-state index contributed by atoms with van der Waals surface area (Å²) in [6.07, 6.45) is 10.8. The Balaban J connectivity index is 4.08. The predicted molar refractivity (Wildman–Crippen MR) is 86.9 cm³/mol. The van der Waals surface area contributed by atoms with Gasteiger partial charge in [-0.25, -0.2) is 0 Å². The van der Waals surface area contributed by atoms with Crippen LogP contribution < -0.4 is 0 Å². The fourth-order valence-electron chi connectivity index (χ4n) is 2.86. The lowest BCUT2D eigenvalue weighted by atomic mass is 9.87. The van der Waals surface area contributed by atoms with E-state index in [1.807, 2.05) is 0 Å². The van der Waals surface area contributed by atoms with Crippen molar-refractivity contribution in [3.8, 4) is 0 Å². The first-order valence-corrected chi connectivity index (χ1v) is 8.68. The van der Waals surface area contributed by atoms with Crippen molar-refractivity contribution in [3.63, 3.8) is 0 Å². The van der Waals surface area contributed by atoms with Gasteiger partial charge < -0.3 is 9.90 Å². The monoisotopic (exact) mass is 284 g/mol. The van der Waals surface area contributed by atoms with Gasteiger partial charge in [-0.2, -0.15) is 0 Å². The Morgan fingerprint density at radius 2 is 1.65 bits per heavy atom. The maximum absolute atomic E-state index is 11.2. The molecule has 20 heavy (non-hydrogen) atoms. The Morgan fingerprint density at radius 1 is 0.950 bits per heavy atom. The zero-order valence-corrected chi connectivity index (χ0v) is 14.2. The number of hydrogen-bond donors (Lipinski definition) is 1. The van der Waals surface area contributed by atoms with Gasteiger partial charge in [0.1, 0.15) is 5.78 Å². The van der Waals surface area contributed by atoms with E-state index in [-0.39, 0.29) is 6.10 Å². The molecule has 0 aromatic rings. The van der Waals surface area contributed by atoms with Crippen LogP contribution in [0, 0.1) is 11.8 Å². The van der Waals surface area contributed by atoms with Crippen molar-refractivity contribution in [2.24, 2.45) is 11.8 Å². The molecule has 0 aliphatic carbocycles. The van der Waals surface area contributed by atoms with Crippen LogP contribution in [0.25, 0.3) is 0 Å². The maximum atomic E-state index is 11.2. The summed E-state index contributed by atoms with van der Waals surface area (Å²) in [6, 6.07) is 0.